The molecule has 0 aliphatic heterocycles. The molecule has 0 atom stereocenters. The first-order valence-corrected chi connectivity index (χ1v) is 2.18. The average molecular weight is 113 g/mol. The normalized spacial score (nSPS) is 11.4. The zero-order chi connectivity index (χ0) is 5.86. The zero-order valence-electron chi connectivity index (χ0n) is 4.03. The predicted molar refractivity (Wildman–Crippen MR) is 33.1 cm³/mol. The first-order valence-electron chi connectivity index (χ1n) is 1.81. The molecule has 0 rings (SSSR count). The van der Waals surface area contributed by atoms with Crippen molar-refractivity contribution in [2.75, 3.05) is 0 Å². The van der Waals surface area contributed by atoms with Gasteiger partial charge in [-0.3, -0.25) is 5.41 Å². The maximum absolute atomic E-state index is 6.63. The number of halogens is 1. The van der Waals surface area contributed by atoms with Gasteiger partial charge >= 0.3 is 0 Å². The summed E-state index contributed by atoms with van der Waals surface area (Å²) in [6, 6.07) is 0. The maximum atomic E-state index is 6.63. The molecule has 0 saturated carbocycles. The van der Waals surface area contributed by atoms with Gasteiger partial charge in [0.05, 0.1) is 0 Å². The third kappa shape index (κ3) is 5.76. The number of hydrogen-bond donors (Lipinski definition) is 1. The standard InChI is InChI=1S/C4H5BClN/c1-3(5)2-4(6)7/h2,7H,1H3/b3-2+,7-4?. The SMILES string of the molecule is [B]/C(C)=C/C(=N)Cl. The molecule has 0 aliphatic rings. The highest BCUT2D eigenvalue weighted by Crippen LogP contribution is 1.87. The topological polar surface area (TPSA) is 23.9 Å². The first kappa shape index (κ1) is 6.76. The van der Waals surface area contributed by atoms with Crippen LogP contribution in [-0.4, -0.2) is 13.0 Å². The van der Waals surface area contributed by atoms with Gasteiger partial charge < -0.3 is 0 Å². The third-order valence-electron chi connectivity index (χ3n) is 0.354. The van der Waals surface area contributed by atoms with Crippen molar-refractivity contribution in [1.82, 2.24) is 0 Å². The Morgan fingerprint density at radius 1 is 1.86 bits per heavy atom. The number of hydrogen-bond acceptors (Lipinski definition) is 1. The molecule has 0 amide bonds. The fourth-order valence-electron chi connectivity index (χ4n) is 0.200. The molecule has 1 nitrogen and oxygen atoms in total. The van der Waals surface area contributed by atoms with Crippen molar-refractivity contribution < 1.29 is 0 Å². The molecule has 0 aromatic heterocycles. The van der Waals surface area contributed by atoms with E-state index in [0.717, 1.165) is 0 Å². The van der Waals surface area contributed by atoms with Crippen LogP contribution < -0.4 is 0 Å². The molecule has 1 N–H and O–H groups in total. The lowest BCUT2D eigenvalue weighted by atomic mass is 9.98. The molecule has 2 radical (unpaired) electrons. The van der Waals surface area contributed by atoms with Crippen LogP contribution in [0.15, 0.2) is 11.5 Å². The molecule has 0 fully saturated rings. The van der Waals surface area contributed by atoms with E-state index in [2.05, 4.69) is 0 Å². The largest absolute Gasteiger partial charge is 0.289 e. The van der Waals surface area contributed by atoms with Gasteiger partial charge in [0, 0.05) is 0 Å². The van der Waals surface area contributed by atoms with Crippen molar-refractivity contribution in [2.45, 2.75) is 6.92 Å². The van der Waals surface area contributed by atoms with Crippen molar-refractivity contribution in [3.8, 4) is 0 Å². The van der Waals surface area contributed by atoms with E-state index in [0.29, 0.717) is 5.47 Å². The number of allylic oxidation sites excluding steroid dienone is 2. The minimum atomic E-state index is -0.0278. The van der Waals surface area contributed by atoms with Crippen LogP contribution in [0.4, 0.5) is 0 Å². The van der Waals surface area contributed by atoms with Crippen molar-refractivity contribution in [1.29, 1.82) is 5.41 Å². The minimum absolute atomic E-state index is 0.0278. The second-order valence-electron chi connectivity index (χ2n) is 1.24. The van der Waals surface area contributed by atoms with Crippen molar-refractivity contribution >= 4 is 24.6 Å². The predicted octanol–water partition coefficient (Wildman–Crippen LogP) is 1.27. The van der Waals surface area contributed by atoms with Gasteiger partial charge in [0.15, 0.2) is 0 Å². The quantitative estimate of drug-likeness (QED) is 0.391. The molecule has 0 bridgehead atoms. The molecule has 7 heavy (non-hydrogen) atoms. The van der Waals surface area contributed by atoms with Gasteiger partial charge in [-0.2, -0.15) is 0 Å². The van der Waals surface area contributed by atoms with E-state index in [9.17, 15) is 0 Å². The molecule has 0 saturated heterocycles. The van der Waals surface area contributed by atoms with Crippen LogP contribution in [0, 0.1) is 5.41 Å². The summed E-state index contributed by atoms with van der Waals surface area (Å²) in [4.78, 5) is 0. The van der Waals surface area contributed by atoms with E-state index in [-0.39, 0.29) is 5.17 Å². The minimum Gasteiger partial charge on any atom is -0.289 e. The van der Waals surface area contributed by atoms with Crippen molar-refractivity contribution in [2.24, 2.45) is 0 Å². The molecule has 36 valence electrons. The summed E-state index contributed by atoms with van der Waals surface area (Å²) in [5.74, 6) is 0. The van der Waals surface area contributed by atoms with Gasteiger partial charge in [-0.1, -0.05) is 18.5 Å². The Balaban J connectivity index is 3.68. The number of rotatable bonds is 1. The van der Waals surface area contributed by atoms with E-state index in [1.54, 1.807) is 6.92 Å². The molecule has 0 unspecified atom stereocenters. The Hall–Kier alpha value is -0.235. The summed E-state index contributed by atoms with van der Waals surface area (Å²) < 4.78 is 0. The second kappa shape index (κ2) is 2.86. The van der Waals surface area contributed by atoms with Crippen molar-refractivity contribution in [3.05, 3.63) is 11.5 Å². The van der Waals surface area contributed by atoms with Crippen LogP contribution in [-0.2, 0) is 0 Å². The lowest BCUT2D eigenvalue weighted by molar-refractivity contribution is 1.55. The van der Waals surface area contributed by atoms with E-state index >= 15 is 0 Å². The van der Waals surface area contributed by atoms with Gasteiger partial charge in [0.25, 0.3) is 0 Å². The number of nitrogens with one attached hydrogen (secondary N) is 1. The van der Waals surface area contributed by atoms with Crippen LogP contribution in [0.2, 0.25) is 0 Å². The molecule has 0 heterocycles. The Bertz CT molecular complexity index is 104. The molecule has 3 heteroatoms. The molecule has 0 aromatic rings. The van der Waals surface area contributed by atoms with Gasteiger partial charge in [0.1, 0.15) is 13.0 Å². The Labute approximate surface area is 49.3 Å². The van der Waals surface area contributed by atoms with E-state index in [1.807, 2.05) is 0 Å². The van der Waals surface area contributed by atoms with Gasteiger partial charge in [-0.15, -0.1) is 5.47 Å². The second-order valence-corrected chi connectivity index (χ2v) is 1.64. The lowest BCUT2D eigenvalue weighted by Crippen LogP contribution is -1.78. The highest BCUT2D eigenvalue weighted by atomic mass is 35.5. The first-order chi connectivity index (χ1) is 3.13. The van der Waals surface area contributed by atoms with Crippen LogP contribution >= 0.6 is 11.6 Å². The fourth-order valence-corrected chi connectivity index (χ4v) is 0.372. The van der Waals surface area contributed by atoms with E-state index < -0.39 is 0 Å². The third-order valence-corrected chi connectivity index (χ3v) is 0.464. The monoisotopic (exact) mass is 113 g/mol. The smallest absolute Gasteiger partial charge is 0.119 e. The molecule has 0 spiro atoms. The molecule has 0 aromatic carbocycles. The zero-order valence-corrected chi connectivity index (χ0v) is 4.79. The Morgan fingerprint density at radius 2 is 2.29 bits per heavy atom. The highest BCUT2D eigenvalue weighted by molar-refractivity contribution is 6.67. The molecular weight excluding hydrogens is 108 g/mol. The van der Waals surface area contributed by atoms with E-state index in [4.69, 9.17) is 24.9 Å². The summed E-state index contributed by atoms with van der Waals surface area (Å²) in [7, 11) is 5.13. The summed E-state index contributed by atoms with van der Waals surface area (Å²) in [5, 5.41) is 6.61. The summed E-state index contributed by atoms with van der Waals surface area (Å²) in [5.41, 5.74) is 0.556. The van der Waals surface area contributed by atoms with Crippen LogP contribution in [0.25, 0.3) is 0 Å². The van der Waals surface area contributed by atoms with Crippen LogP contribution in [0.3, 0.4) is 0 Å². The fraction of sp³-hybridized carbons (Fsp3) is 0.250. The van der Waals surface area contributed by atoms with Gasteiger partial charge in [-0.25, -0.2) is 0 Å². The molecule has 0 aliphatic carbocycles. The maximum Gasteiger partial charge on any atom is 0.119 e. The van der Waals surface area contributed by atoms with Crippen LogP contribution in [0.1, 0.15) is 6.92 Å². The Morgan fingerprint density at radius 3 is 2.29 bits per heavy atom. The Kier molecular flexibility index (Phi) is 2.76. The highest BCUT2D eigenvalue weighted by Gasteiger charge is 1.78. The summed E-state index contributed by atoms with van der Waals surface area (Å²) >= 11 is 5.10. The lowest BCUT2D eigenvalue weighted by Gasteiger charge is -1.82. The van der Waals surface area contributed by atoms with Gasteiger partial charge in [0.2, 0.25) is 0 Å². The van der Waals surface area contributed by atoms with Crippen LogP contribution in [0.5, 0.6) is 0 Å². The molecular formula is C4H5BClN. The average Bonchev–Trinajstić information content (AvgIpc) is 1.27. The van der Waals surface area contributed by atoms with E-state index in [1.165, 1.54) is 6.08 Å². The van der Waals surface area contributed by atoms with Gasteiger partial charge in [-0.05, 0) is 6.08 Å². The van der Waals surface area contributed by atoms with Crippen molar-refractivity contribution in [3.63, 3.8) is 0 Å². The summed E-state index contributed by atoms with van der Waals surface area (Å²) in [6.45, 7) is 1.68. The summed E-state index contributed by atoms with van der Waals surface area (Å²) in [6.07, 6.45) is 1.38.